The highest BCUT2D eigenvalue weighted by Crippen LogP contribution is 2.65. The molecule has 5 amide bonds. The van der Waals surface area contributed by atoms with E-state index >= 15 is 0 Å². The molecule has 5 atom stereocenters. The Labute approximate surface area is 280 Å². The third-order valence-corrected chi connectivity index (χ3v) is 14.1. The van der Waals surface area contributed by atoms with Crippen LogP contribution in [0.1, 0.15) is 125 Å². The summed E-state index contributed by atoms with van der Waals surface area (Å²) in [5.74, 6) is -3.02. The Hall–Kier alpha value is -2.70. The highest BCUT2D eigenvalue weighted by Gasteiger charge is 2.69. The Morgan fingerprint density at radius 1 is 0.915 bits per heavy atom. The summed E-state index contributed by atoms with van der Waals surface area (Å²) in [5.41, 5.74) is 4.21. The van der Waals surface area contributed by atoms with Gasteiger partial charge in [0.05, 0.1) is 22.1 Å². The van der Waals surface area contributed by atoms with Crippen molar-refractivity contribution in [2.45, 2.75) is 153 Å². The number of nitrogens with one attached hydrogen (secondary N) is 3. The third-order valence-electron chi connectivity index (χ3n) is 11.3. The zero-order chi connectivity index (χ0) is 34.8. The van der Waals surface area contributed by atoms with E-state index in [1.807, 2.05) is 0 Å². The minimum Gasteiger partial charge on any atom is -0.363 e. The molecule has 5 N–H and O–H groups in total. The Morgan fingerprint density at radius 3 is 2.04 bits per heavy atom. The summed E-state index contributed by atoms with van der Waals surface area (Å²) in [4.78, 5) is 67.9. The lowest BCUT2D eigenvalue weighted by molar-refractivity contribution is -0.143. The number of amides is 5. The van der Waals surface area contributed by atoms with Crippen LogP contribution in [0.3, 0.4) is 0 Å². The molecule has 2 saturated carbocycles. The monoisotopic (exact) mass is 679 g/mol. The molecular weight excluding hydrogens is 622 g/mol. The Kier molecular flexibility index (Phi) is 11.4. The van der Waals surface area contributed by atoms with Crippen LogP contribution in [0.5, 0.6) is 0 Å². The second-order valence-corrected chi connectivity index (χ2v) is 18.8. The predicted molar refractivity (Wildman–Crippen MR) is 179 cm³/mol. The number of sulfone groups is 1. The number of piperidine rings is 1. The van der Waals surface area contributed by atoms with Crippen molar-refractivity contribution >= 4 is 39.4 Å². The first-order valence-corrected chi connectivity index (χ1v) is 19.3. The molecule has 2 aliphatic heterocycles. The second-order valence-electron chi connectivity index (χ2n) is 16.1. The van der Waals surface area contributed by atoms with E-state index < -0.39 is 61.9 Å². The maximum Gasteiger partial charge on any atom is 0.315 e. The summed E-state index contributed by atoms with van der Waals surface area (Å²) in [5, 5.41) is 8.70. The van der Waals surface area contributed by atoms with Crippen molar-refractivity contribution in [2.24, 2.45) is 23.0 Å². The molecule has 2 heterocycles. The molecule has 0 radical (unpaired) electrons. The van der Waals surface area contributed by atoms with Gasteiger partial charge in [-0.3, -0.25) is 19.2 Å². The van der Waals surface area contributed by atoms with E-state index in [2.05, 4.69) is 29.8 Å². The minimum absolute atomic E-state index is 0.0807. The van der Waals surface area contributed by atoms with Gasteiger partial charge in [0.25, 0.3) is 5.91 Å². The largest absolute Gasteiger partial charge is 0.363 e. The van der Waals surface area contributed by atoms with E-state index in [0.717, 1.165) is 51.4 Å². The number of nitrogens with zero attached hydrogens (tertiary/aromatic N) is 1. The third kappa shape index (κ3) is 8.48. The summed E-state index contributed by atoms with van der Waals surface area (Å²) in [6.45, 7) is 9.45. The highest BCUT2D eigenvalue weighted by atomic mass is 32.2. The molecule has 0 unspecified atom stereocenters. The lowest BCUT2D eigenvalue weighted by Gasteiger charge is -2.40. The molecule has 4 fully saturated rings. The summed E-state index contributed by atoms with van der Waals surface area (Å²) in [6.07, 6.45) is 10.2. The van der Waals surface area contributed by atoms with Crippen LogP contribution in [-0.2, 0) is 29.0 Å². The van der Waals surface area contributed by atoms with E-state index in [-0.39, 0.29) is 28.9 Å². The number of hydrogen-bond donors (Lipinski definition) is 4. The summed E-state index contributed by atoms with van der Waals surface area (Å²) >= 11 is 0. The number of nitrogens with two attached hydrogens (primary N) is 1. The zero-order valence-electron chi connectivity index (χ0n) is 29.0. The van der Waals surface area contributed by atoms with Gasteiger partial charge in [-0.25, -0.2) is 13.2 Å². The van der Waals surface area contributed by atoms with Crippen LogP contribution in [-0.4, -0.2) is 83.6 Å². The van der Waals surface area contributed by atoms with Crippen molar-refractivity contribution in [3.8, 4) is 0 Å². The van der Waals surface area contributed by atoms with Crippen LogP contribution in [0.4, 0.5) is 4.79 Å². The van der Waals surface area contributed by atoms with Crippen molar-refractivity contribution in [1.82, 2.24) is 20.9 Å². The maximum absolute atomic E-state index is 14.3. The maximum atomic E-state index is 14.3. The second kappa shape index (κ2) is 14.4. The average Bonchev–Trinajstić information content (AvgIpc) is 3.29. The normalized spacial score (nSPS) is 30.3. The van der Waals surface area contributed by atoms with Gasteiger partial charge < -0.3 is 26.6 Å². The van der Waals surface area contributed by atoms with E-state index in [4.69, 9.17) is 5.73 Å². The van der Waals surface area contributed by atoms with Gasteiger partial charge in [0, 0.05) is 6.54 Å². The summed E-state index contributed by atoms with van der Waals surface area (Å²) in [6, 6.07) is -3.41. The van der Waals surface area contributed by atoms with Crippen molar-refractivity contribution in [1.29, 1.82) is 0 Å². The molecular formula is C34H57N5O7S. The summed E-state index contributed by atoms with van der Waals surface area (Å²) in [7, 11) is -3.55. The lowest BCUT2D eigenvalue weighted by Crippen LogP contribution is -2.62. The number of urea groups is 1. The zero-order valence-corrected chi connectivity index (χ0v) is 29.8. The van der Waals surface area contributed by atoms with E-state index in [0.29, 0.717) is 45.1 Å². The van der Waals surface area contributed by atoms with E-state index in [1.165, 1.54) is 0 Å². The minimum atomic E-state index is -3.55. The molecule has 0 bridgehead atoms. The van der Waals surface area contributed by atoms with Crippen molar-refractivity contribution in [2.75, 3.05) is 12.3 Å². The van der Waals surface area contributed by atoms with Gasteiger partial charge in [-0.15, -0.1) is 0 Å². The molecule has 0 spiro atoms. The molecule has 2 saturated heterocycles. The quantitative estimate of drug-likeness (QED) is 0.311. The van der Waals surface area contributed by atoms with Crippen molar-refractivity contribution < 1.29 is 32.4 Å². The fourth-order valence-electron chi connectivity index (χ4n) is 8.10. The number of Topliss-reactive ketones (excluding diaryl/α,β-unsaturated/α-hetero) is 1. The standard InChI is InChI=1S/C34H57N5O7S/c1-32(2,3)47(45,46)21-34(18-14-11-15-19-34)38-31(44)37-24-17-13-10-8-6-7-9-12-16-23(27(40)28(35)41)36-29(42)26-25-22(33(25,4)5)20-39(26)30(24)43/h22-26H,6-21H2,1-5H3,(H2,35,41)(H,36,42)(H2,37,38,44)/t22-,23-,24-,25-,26-/m0/s1. The van der Waals surface area contributed by atoms with Crippen LogP contribution in [0.25, 0.3) is 0 Å². The van der Waals surface area contributed by atoms with Gasteiger partial charge in [-0.1, -0.05) is 78.1 Å². The van der Waals surface area contributed by atoms with E-state index in [1.54, 1.807) is 25.7 Å². The van der Waals surface area contributed by atoms with Gasteiger partial charge >= 0.3 is 6.03 Å². The Balaban J connectivity index is 1.58. The fourth-order valence-corrected chi connectivity index (χ4v) is 9.62. The van der Waals surface area contributed by atoms with Gasteiger partial charge in [0.2, 0.25) is 17.6 Å². The molecule has 0 aromatic heterocycles. The SMILES string of the molecule is CC1(C)[C@@H]2[C@H]3C(=O)N[C@H](C(=O)C(N)=O)CCCCCCCCC[C@H](NC(=O)NC4(CS(=O)(=O)C(C)(C)C)CCCCC4)C(=O)N3C[C@@H]21. The number of carbonyl (C=O) groups excluding carboxylic acids is 5. The number of primary amides is 1. The van der Waals surface area contributed by atoms with Gasteiger partial charge in [-0.05, 0) is 63.7 Å². The molecule has 4 aliphatic rings. The predicted octanol–water partition coefficient (Wildman–Crippen LogP) is 3.12. The number of hydrogen-bond acceptors (Lipinski definition) is 7. The molecule has 266 valence electrons. The van der Waals surface area contributed by atoms with Gasteiger partial charge in [-0.2, -0.15) is 0 Å². The first-order valence-electron chi connectivity index (χ1n) is 17.7. The fraction of sp³-hybridized carbons (Fsp3) is 0.853. The number of carbonyl (C=O) groups is 5. The molecule has 47 heavy (non-hydrogen) atoms. The number of fused-ring (bicyclic) bond motifs is 3. The number of ketones is 1. The van der Waals surface area contributed by atoms with Crippen LogP contribution >= 0.6 is 0 Å². The molecule has 2 aliphatic carbocycles. The highest BCUT2D eigenvalue weighted by molar-refractivity contribution is 7.92. The topological polar surface area (TPSA) is 185 Å². The number of rotatable bonds is 6. The van der Waals surface area contributed by atoms with Crippen LogP contribution in [0.2, 0.25) is 0 Å². The summed E-state index contributed by atoms with van der Waals surface area (Å²) < 4.78 is 25.6. The van der Waals surface area contributed by atoms with Crippen molar-refractivity contribution in [3.63, 3.8) is 0 Å². The van der Waals surface area contributed by atoms with Gasteiger partial charge in [0.1, 0.15) is 12.1 Å². The average molecular weight is 680 g/mol. The molecule has 4 rings (SSSR count). The van der Waals surface area contributed by atoms with E-state index in [9.17, 15) is 32.4 Å². The van der Waals surface area contributed by atoms with Crippen LogP contribution in [0, 0.1) is 17.3 Å². The molecule has 12 nitrogen and oxygen atoms in total. The molecule has 13 heteroatoms. The smallest absolute Gasteiger partial charge is 0.315 e. The Bertz CT molecular complexity index is 1320. The molecule has 0 aromatic carbocycles. The van der Waals surface area contributed by atoms with Crippen LogP contribution < -0.4 is 21.7 Å². The molecule has 0 aromatic rings. The first-order chi connectivity index (χ1) is 21.9. The van der Waals surface area contributed by atoms with Gasteiger partial charge in [0.15, 0.2) is 9.84 Å². The van der Waals surface area contributed by atoms with Crippen LogP contribution in [0.15, 0.2) is 0 Å². The lowest BCUT2D eigenvalue weighted by atomic mass is 9.83. The Morgan fingerprint density at radius 2 is 1.47 bits per heavy atom. The first kappa shape index (κ1) is 37.1. The van der Waals surface area contributed by atoms with Crippen molar-refractivity contribution in [3.05, 3.63) is 0 Å².